The molecule has 0 saturated heterocycles. The fourth-order valence-electron chi connectivity index (χ4n) is 1.90. The van der Waals surface area contributed by atoms with E-state index in [0.717, 1.165) is 11.3 Å². The summed E-state index contributed by atoms with van der Waals surface area (Å²) in [5.74, 6) is -0.0107. The van der Waals surface area contributed by atoms with E-state index in [0.29, 0.717) is 31.7 Å². The fraction of sp³-hybridized carbons (Fsp3) is 0.312. The first-order valence-corrected chi connectivity index (χ1v) is 7.80. The van der Waals surface area contributed by atoms with Crippen molar-refractivity contribution < 1.29 is 9.53 Å². The molecule has 3 N–H and O–H groups in total. The quantitative estimate of drug-likeness (QED) is 0.607. The van der Waals surface area contributed by atoms with Gasteiger partial charge in [0.25, 0.3) is 0 Å². The van der Waals surface area contributed by atoms with Crippen LogP contribution in [-0.4, -0.2) is 12.5 Å². The standard InChI is InChI=1S/C16H20N2O2S/c1-12-14(17)6-2-7-15(12)18-16(19)8-3-9-20-11-13-5-4-10-21-13/h2,4-7,10H,3,8-9,11,17H2,1H3,(H,18,19). The average Bonchev–Trinajstić information content (AvgIpc) is 2.97. The number of amides is 1. The first kappa shape index (κ1) is 15.5. The maximum atomic E-state index is 11.9. The largest absolute Gasteiger partial charge is 0.398 e. The average molecular weight is 304 g/mol. The minimum Gasteiger partial charge on any atom is -0.398 e. The highest BCUT2D eigenvalue weighted by molar-refractivity contribution is 7.09. The Balaban J connectivity index is 1.66. The summed E-state index contributed by atoms with van der Waals surface area (Å²) in [7, 11) is 0. The van der Waals surface area contributed by atoms with Gasteiger partial charge in [-0.05, 0) is 42.5 Å². The van der Waals surface area contributed by atoms with Crippen LogP contribution in [0.1, 0.15) is 23.3 Å². The van der Waals surface area contributed by atoms with Gasteiger partial charge in [-0.2, -0.15) is 0 Å². The molecule has 0 aliphatic heterocycles. The zero-order valence-electron chi connectivity index (χ0n) is 12.1. The highest BCUT2D eigenvalue weighted by atomic mass is 32.1. The second-order valence-electron chi connectivity index (χ2n) is 4.80. The lowest BCUT2D eigenvalue weighted by Crippen LogP contribution is -2.13. The molecule has 0 bridgehead atoms. The summed E-state index contributed by atoms with van der Waals surface area (Å²) >= 11 is 1.68. The molecule has 0 aliphatic rings. The summed E-state index contributed by atoms with van der Waals surface area (Å²) in [6.07, 6.45) is 1.15. The Morgan fingerprint density at radius 1 is 1.33 bits per heavy atom. The molecular weight excluding hydrogens is 284 g/mol. The highest BCUT2D eigenvalue weighted by Gasteiger charge is 2.06. The van der Waals surface area contributed by atoms with E-state index in [2.05, 4.69) is 5.32 Å². The van der Waals surface area contributed by atoms with E-state index in [4.69, 9.17) is 10.5 Å². The van der Waals surface area contributed by atoms with Crippen LogP contribution in [0.4, 0.5) is 11.4 Å². The van der Waals surface area contributed by atoms with Gasteiger partial charge < -0.3 is 15.8 Å². The summed E-state index contributed by atoms with van der Waals surface area (Å²) in [6.45, 7) is 3.10. The molecule has 0 spiro atoms. The second kappa shape index (κ2) is 7.81. The van der Waals surface area contributed by atoms with Crippen molar-refractivity contribution in [2.24, 2.45) is 0 Å². The number of hydrogen-bond acceptors (Lipinski definition) is 4. The van der Waals surface area contributed by atoms with E-state index >= 15 is 0 Å². The molecule has 21 heavy (non-hydrogen) atoms. The molecule has 5 heteroatoms. The van der Waals surface area contributed by atoms with E-state index in [-0.39, 0.29) is 5.91 Å². The van der Waals surface area contributed by atoms with Crippen molar-refractivity contribution in [1.82, 2.24) is 0 Å². The van der Waals surface area contributed by atoms with Crippen LogP contribution in [0.5, 0.6) is 0 Å². The summed E-state index contributed by atoms with van der Waals surface area (Å²) in [5.41, 5.74) is 8.18. The van der Waals surface area contributed by atoms with Gasteiger partial charge in [-0.3, -0.25) is 4.79 Å². The first-order chi connectivity index (χ1) is 10.2. The van der Waals surface area contributed by atoms with Gasteiger partial charge in [-0.1, -0.05) is 12.1 Å². The van der Waals surface area contributed by atoms with E-state index in [9.17, 15) is 4.79 Å². The molecule has 0 aliphatic carbocycles. The second-order valence-corrected chi connectivity index (χ2v) is 5.84. The molecule has 0 saturated carbocycles. The van der Waals surface area contributed by atoms with Gasteiger partial charge in [0, 0.05) is 29.3 Å². The van der Waals surface area contributed by atoms with Crippen LogP contribution in [-0.2, 0) is 16.1 Å². The van der Waals surface area contributed by atoms with Gasteiger partial charge in [0.05, 0.1) is 6.61 Å². The smallest absolute Gasteiger partial charge is 0.224 e. The van der Waals surface area contributed by atoms with E-state index in [1.54, 1.807) is 11.3 Å². The van der Waals surface area contributed by atoms with Gasteiger partial charge in [0.1, 0.15) is 0 Å². The molecule has 1 amide bonds. The number of thiophene rings is 1. The van der Waals surface area contributed by atoms with Crippen molar-refractivity contribution in [2.45, 2.75) is 26.4 Å². The number of ether oxygens (including phenoxy) is 1. The first-order valence-electron chi connectivity index (χ1n) is 6.92. The molecule has 1 heterocycles. The predicted octanol–water partition coefficient (Wildman–Crippen LogP) is 3.57. The molecule has 2 rings (SSSR count). The highest BCUT2D eigenvalue weighted by Crippen LogP contribution is 2.20. The monoisotopic (exact) mass is 304 g/mol. The van der Waals surface area contributed by atoms with Gasteiger partial charge in [0.15, 0.2) is 0 Å². The van der Waals surface area contributed by atoms with Crippen LogP contribution < -0.4 is 11.1 Å². The van der Waals surface area contributed by atoms with Crippen LogP contribution in [0, 0.1) is 6.92 Å². The molecule has 0 unspecified atom stereocenters. The third-order valence-corrected chi connectivity index (χ3v) is 4.02. The molecular formula is C16H20N2O2S. The van der Waals surface area contributed by atoms with Crippen LogP contribution in [0.3, 0.4) is 0 Å². The maximum Gasteiger partial charge on any atom is 0.224 e. The summed E-state index contributed by atoms with van der Waals surface area (Å²) in [6, 6.07) is 9.56. The Hall–Kier alpha value is -1.85. The van der Waals surface area contributed by atoms with Crippen molar-refractivity contribution in [3.63, 3.8) is 0 Å². The van der Waals surface area contributed by atoms with Crippen molar-refractivity contribution in [1.29, 1.82) is 0 Å². The molecule has 0 atom stereocenters. The van der Waals surface area contributed by atoms with E-state index in [1.807, 2.05) is 42.6 Å². The normalized spacial score (nSPS) is 10.5. The number of anilines is 2. The van der Waals surface area contributed by atoms with E-state index < -0.39 is 0 Å². The number of nitrogens with one attached hydrogen (secondary N) is 1. The Morgan fingerprint density at radius 2 is 2.19 bits per heavy atom. The molecule has 1 aromatic heterocycles. The zero-order valence-corrected chi connectivity index (χ0v) is 12.9. The van der Waals surface area contributed by atoms with Crippen molar-refractivity contribution in [3.8, 4) is 0 Å². The summed E-state index contributed by atoms with van der Waals surface area (Å²) in [4.78, 5) is 13.1. The number of nitrogens with two attached hydrogens (primary N) is 1. The minimum absolute atomic E-state index is 0.0107. The van der Waals surface area contributed by atoms with Gasteiger partial charge in [-0.25, -0.2) is 0 Å². The molecule has 0 radical (unpaired) electrons. The third-order valence-electron chi connectivity index (χ3n) is 3.17. The molecule has 0 fully saturated rings. The Labute approximate surface area is 128 Å². The number of nitrogen functional groups attached to an aromatic ring is 1. The SMILES string of the molecule is Cc1c(N)cccc1NC(=O)CCCOCc1cccs1. The lowest BCUT2D eigenvalue weighted by atomic mass is 10.1. The van der Waals surface area contributed by atoms with Crippen LogP contribution >= 0.6 is 11.3 Å². The Kier molecular flexibility index (Phi) is 5.78. The number of hydrogen-bond donors (Lipinski definition) is 2. The predicted molar refractivity (Wildman–Crippen MR) is 87.4 cm³/mol. The molecule has 1 aromatic carbocycles. The fourth-order valence-corrected chi connectivity index (χ4v) is 2.54. The number of benzene rings is 1. The molecule has 2 aromatic rings. The molecule has 4 nitrogen and oxygen atoms in total. The van der Waals surface area contributed by atoms with E-state index in [1.165, 1.54) is 4.88 Å². The van der Waals surface area contributed by atoms with Crippen molar-refractivity contribution in [3.05, 3.63) is 46.2 Å². The topological polar surface area (TPSA) is 64.3 Å². The summed E-state index contributed by atoms with van der Waals surface area (Å²) in [5, 5.41) is 4.91. The summed E-state index contributed by atoms with van der Waals surface area (Å²) < 4.78 is 5.53. The lowest BCUT2D eigenvalue weighted by molar-refractivity contribution is -0.116. The minimum atomic E-state index is -0.0107. The van der Waals surface area contributed by atoms with Crippen molar-refractivity contribution >= 4 is 28.6 Å². The number of rotatable bonds is 7. The van der Waals surface area contributed by atoms with Gasteiger partial charge in [-0.15, -0.1) is 11.3 Å². The zero-order chi connectivity index (χ0) is 15.1. The van der Waals surface area contributed by atoms with Crippen LogP contribution in [0.2, 0.25) is 0 Å². The van der Waals surface area contributed by atoms with Gasteiger partial charge >= 0.3 is 0 Å². The van der Waals surface area contributed by atoms with Gasteiger partial charge in [0.2, 0.25) is 5.91 Å². The van der Waals surface area contributed by atoms with Crippen LogP contribution in [0.25, 0.3) is 0 Å². The third kappa shape index (κ3) is 4.88. The molecule has 112 valence electrons. The lowest BCUT2D eigenvalue weighted by Gasteiger charge is -2.10. The Bertz CT molecular complexity index is 582. The van der Waals surface area contributed by atoms with Crippen LogP contribution in [0.15, 0.2) is 35.7 Å². The Morgan fingerprint density at radius 3 is 2.95 bits per heavy atom. The number of carbonyl (C=O) groups is 1. The van der Waals surface area contributed by atoms with Crippen molar-refractivity contribution in [2.75, 3.05) is 17.7 Å². The maximum absolute atomic E-state index is 11.9. The number of carbonyl (C=O) groups excluding carboxylic acids is 1.